The first-order valence-electron chi connectivity index (χ1n) is 6.50. The van der Waals surface area contributed by atoms with Crippen LogP contribution >= 0.6 is 11.3 Å². The highest BCUT2D eigenvalue weighted by Gasteiger charge is 2.27. The van der Waals surface area contributed by atoms with Gasteiger partial charge in [0.1, 0.15) is 5.01 Å². The Balaban J connectivity index is 2.59. The van der Waals surface area contributed by atoms with E-state index in [0.717, 1.165) is 10.7 Å². The molecule has 0 saturated heterocycles. The quantitative estimate of drug-likeness (QED) is 0.895. The Bertz CT molecular complexity index is 440. The molecule has 1 rings (SSSR count). The number of nitrogens with zero attached hydrogens (tertiary/aromatic N) is 1. The van der Waals surface area contributed by atoms with E-state index in [9.17, 15) is 4.79 Å². The molecule has 1 aromatic heterocycles. The normalized spacial score (nSPS) is 14.3. The summed E-state index contributed by atoms with van der Waals surface area (Å²) in [5, 5.41) is 5.82. The van der Waals surface area contributed by atoms with E-state index in [1.54, 1.807) is 11.3 Å². The topological polar surface area (TPSA) is 68.0 Å². The fourth-order valence-corrected chi connectivity index (χ4v) is 2.36. The fourth-order valence-electron chi connectivity index (χ4n) is 1.40. The van der Waals surface area contributed by atoms with Gasteiger partial charge in [0.2, 0.25) is 5.91 Å². The predicted octanol–water partition coefficient (Wildman–Crippen LogP) is 2.43. The Morgan fingerprint density at radius 1 is 1.37 bits per heavy atom. The summed E-state index contributed by atoms with van der Waals surface area (Å²) < 4.78 is 0. The SMILES string of the molecule is CC(C)(C)c1csc(CNC(=O)[C@@H](N)C(C)(C)C)n1. The van der Waals surface area contributed by atoms with Gasteiger partial charge in [-0.05, 0) is 5.41 Å². The standard InChI is InChI=1S/C14H25N3OS/c1-13(2,3)9-8-19-10(17-9)7-16-12(18)11(15)14(4,5)6/h8,11H,7,15H2,1-6H3,(H,16,18)/t11-/m1/s1. The summed E-state index contributed by atoms with van der Waals surface area (Å²) in [7, 11) is 0. The summed E-state index contributed by atoms with van der Waals surface area (Å²) in [5.41, 5.74) is 6.77. The summed E-state index contributed by atoms with van der Waals surface area (Å²) in [4.78, 5) is 16.4. The van der Waals surface area contributed by atoms with Gasteiger partial charge < -0.3 is 11.1 Å². The van der Waals surface area contributed by atoms with Crippen molar-refractivity contribution in [3.05, 3.63) is 16.1 Å². The average Bonchev–Trinajstić information content (AvgIpc) is 2.71. The van der Waals surface area contributed by atoms with Gasteiger partial charge in [0.05, 0.1) is 18.3 Å². The first-order chi connectivity index (χ1) is 8.51. The van der Waals surface area contributed by atoms with Crippen molar-refractivity contribution in [3.8, 4) is 0 Å². The lowest BCUT2D eigenvalue weighted by Crippen LogP contribution is -2.48. The van der Waals surface area contributed by atoms with Crippen molar-refractivity contribution in [1.29, 1.82) is 0 Å². The minimum absolute atomic E-state index is 0.0422. The third-order valence-corrected chi connectivity index (χ3v) is 3.80. The number of hydrogen-bond acceptors (Lipinski definition) is 4. The highest BCUT2D eigenvalue weighted by atomic mass is 32.1. The molecule has 0 saturated carbocycles. The predicted molar refractivity (Wildman–Crippen MR) is 80.1 cm³/mol. The van der Waals surface area contributed by atoms with Gasteiger partial charge in [-0.25, -0.2) is 4.98 Å². The van der Waals surface area contributed by atoms with Crippen LogP contribution in [-0.2, 0) is 16.8 Å². The minimum atomic E-state index is -0.505. The van der Waals surface area contributed by atoms with Crippen molar-refractivity contribution in [2.45, 2.75) is 59.5 Å². The minimum Gasteiger partial charge on any atom is -0.348 e. The van der Waals surface area contributed by atoms with E-state index >= 15 is 0 Å². The molecule has 3 N–H and O–H groups in total. The van der Waals surface area contributed by atoms with E-state index in [4.69, 9.17) is 5.73 Å². The maximum Gasteiger partial charge on any atom is 0.237 e. The third kappa shape index (κ3) is 4.58. The number of thiazole rings is 1. The van der Waals surface area contributed by atoms with Crippen molar-refractivity contribution in [2.24, 2.45) is 11.1 Å². The lowest BCUT2D eigenvalue weighted by atomic mass is 9.87. The number of nitrogens with two attached hydrogens (primary N) is 1. The van der Waals surface area contributed by atoms with Gasteiger partial charge in [-0.1, -0.05) is 41.5 Å². The van der Waals surface area contributed by atoms with E-state index in [0.29, 0.717) is 6.54 Å². The zero-order valence-corrected chi connectivity index (χ0v) is 13.5. The zero-order chi connectivity index (χ0) is 14.8. The van der Waals surface area contributed by atoms with Gasteiger partial charge in [0.15, 0.2) is 0 Å². The molecule has 0 bridgehead atoms. The first-order valence-corrected chi connectivity index (χ1v) is 7.38. The number of carbonyl (C=O) groups excluding carboxylic acids is 1. The molecule has 1 atom stereocenters. The van der Waals surface area contributed by atoms with Crippen LogP contribution in [0.15, 0.2) is 5.38 Å². The maximum atomic E-state index is 11.9. The summed E-state index contributed by atoms with van der Waals surface area (Å²) >= 11 is 1.57. The second-order valence-corrected chi connectivity index (χ2v) is 7.88. The van der Waals surface area contributed by atoms with Gasteiger partial charge in [0, 0.05) is 10.8 Å². The lowest BCUT2D eigenvalue weighted by molar-refractivity contribution is -0.124. The molecule has 0 unspecified atom stereocenters. The van der Waals surface area contributed by atoms with Crippen molar-refractivity contribution >= 4 is 17.2 Å². The number of amides is 1. The zero-order valence-electron chi connectivity index (χ0n) is 12.7. The number of hydrogen-bond donors (Lipinski definition) is 2. The van der Waals surface area contributed by atoms with Gasteiger partial charge in [0.25, 0.3) is 0 Å². The fraction of sp³-hybridized carbons (Fsp3) is 0.714. The monoisotopic (exact) mass is 283 g/mol. The van der Waals surface area contributed by atoms with Crippen molar-refractivity contribution in [1.82, 2.24) is 10.3 Å². The summed E-state index contributed by atoms with van der Waals surface area (Å²) in [6.07, 6.45) is 0. The molecule has 108 valence electrons. The highest BCUT2D eigenvalue weighted by molar-refractivity contribution is 7.09. The van der Waals surface area contributed by atoms with Crippen molar-refractivity contribution < 1.29 is 4.79 Å². The summed E-state index contributed by atoms with van der Waals surface area (Å²) in [6, 6.07) is -0.505. The van der Waals surface area contributed by atoms with Crippen LogP contribution in [0.4, 0.5) is 0 Å². The molecule has 0 aliphatic rings. The molecule has 0 aliphatic heterocycles. The molecule has 0 fully saturated rings. The Kier molecular flexibility index (Phi) is 4.74. The smallest absolute Gasteiger partial charge is 0.237 e. The van der Waals surface area contributed by atoms with E-state index in [2.05, 4.69) is 31.1 Å². The number of carbonyl (C=O) groups is 1. The van der Waals surface area contributed by atoms with Gasteiger partial charge in [-0.15, -0.1) is 11.3 Å². The van der Waals surface area contributed by atoms with Gasteiger partial charge >= 0.3 is 0 Å². The van der Waals surface area contributed by atoms with E-state index in [-0.39, 0.29) is 16.7 Å². The molecule has 0 aliphatic carbocycles. The van der Waals surface area contributed by atoms with Crippen LogP contribution in [0.3, 0.4) is 0 Å². The molecule has 4 nitrogen and oxygen atoms in total. The molecular formula is C14H25N3OS. The Morgan fingerprint density at radius 3 is 2.37 bits per heavy atom. The van der Waals surface area contributed by atoms with Crippen LogP contribution < -0.4 is 11.1 Å². The van der Waals surface area contributed by atoms with Crippen LogP contribution in [0, 0.1) is 5.41 Å². The third-order valence-electron chi connectivity index (χ3n) is 2.95. The number of rotatable bonds is 3. The maximum absolute atomic E-state index is 11.9. The Morgan fingerprint density at radius 2 is 1.95 bits per heavy atom. The van der Waals surface area contributed by atoms with E-state index in [1.807, 2.05) is 26.2 Å². The first kappa shape index (κ1) is 16.1. The average molecular weight is 283 g/mol. The molecule has 0 spiro atoms. The Hall–Kier alpha value is -0.940. The highest BCUT2D eigenvalue weighted by Crippen LogP contribution is 2.24. The number of nitrogens with one attached hydrogen (secondary N) is 1. The molecule has 5 heteroatoms. The molecule has 0 radical (unpaired) electrons. The van der Waals surface area contributed by atoms with Crippen LogP contribution in [0.25, 0.3) is 0 Å². The second-order valence-electron chi connectivity index (χ2n) is 6.94. The van der Waals surface area contributed by atoms with Gasteiger partial charge in [-0.3, -0.25) is 4.79 Å². The lowest BCUT2D eigenvalue weighted by Gasteiger charge is -2.25. The molecule has 1 aromatic rings. The van der Waals surface area contributed by atoms with Crippen LogP contribution in [0.2, 0.25) is 0 Å². The summed E-state index contributed by atoms with van der Waals surface area (Å²) in [5.74, 6) is -0.125. The van der Waals surface area contributed by atoms with Crippen LogP contribution in [0.1, 0.15) is 52.2 Å². The molecule has 19 heavy (non-hydrogen) atoms. The van der Waals surface area contributed by atoms with E-state index in [1.165, 1.54) is 0 Å². The largest absolute Gasteiger partial charge is 0.348 e. The van der Waals surface area contributed by atoms with Crippen LogP contribution in [0.5, 0.6) is 0 Å². The summed E-state index contributed by atoms with van der Waals surface area (Å²) in [6.45, 7) is 12.7. The Labute approximate surface area is 119 Å². The number of aromatic nitrogens is 1. The second kappa shape index (κ2) is 5.59. The van der Waals surface area contributed by atoms with Gasteiger partial charge in [-0.2, -0.15) is 0 Å². The van der Waals surface area contributed by atoms with Crippen LogP contribution in [-0.4, -0.2) is 16.9 Å². The molecule has 1 heterocycles. The molecule has 0 aromatic carbocycles. The van der Waals surface area contributed by atoms with Crippen molar-refractivity contribution in [3.63, 3.8) is 0 Å². The molecular weight excluding hydrogens is 258 g/mol. The van der Waals surface area contributed by atoms with Crippen molar-refractivity contribution in [2.75, 3.05) is 0 Å². The molecule has 1 amide bonds. The van der Waals surface area contributed by atoms with E-state index < -0.39 is 6.04 Å².